The molecule has 0 bridgehead atoms. The Labute approximate surface area is 135 Å². The fraction of sp³-hybridized carbons (Fsp3) is 0.438. The average molecular weight is 318 g/mol. The molecule has 0 unspecified atom stereocenters. The molecule has 124 valence electrons. The molecule has 0 radical (unpaired) electrons. The summed E-state index contributed by atoms with van der Waals surface area (Å²) in [7, 11) is 0. The molecule has 7 nitrogen and oxygen atoms in total. The molecule has 1 heterocycles. The topological polar surface area (TPSA) is 103 Å². The number of carbonyl (C=O) groups is 1. The minimum atomic E-state index is -0.383. The number of benzene rings is 1. The Morgan fingerprint density at radius 1 is 1.43 bits per heavy atom. The van der Waals surface area contributed by atoms with Crippen LogP contribution in [0, 0.1) is 0 Å². The highest BCUT2D eigenvalue weighted by Gasteiger charge is 2.21. The molecule has 0 fully saturated rings. The Hall–Kier alpha value is -2.41. The number of nitrogens with zero attached hydrogens (tertiary/aromatic N) is 3. The molecule has 3 N–H and O–H groups in total. The van der Waals surface area contributed by atoms with Gasteiger partial charge in [0.1, 0.15) is 6.54 Å². The molecule has 2 aromatic rings. The predicted octanol–water partition coefficient (Wildman–Crippen LogP) is 1.71. The zero-order valence-corrected chi connectivity index (χ0v) is 13.6. The van der Waals surface area contributed by atoms with Gasteiger partial charge < -0.3 is 15.6 Å². The summed E-state index contributed by atoms with van der Waals surface area (Å²) in [6.07, 6.45) is 0. The second kappa shape index (κ2) is 7.23. The van der Waals surface area contributed by atoms with Gasteiger partial charge in [-0.2, -0.15) is 0 Å². The van der Waals surface area contributed by atoms with Crippen molar-refractivity contribution in [2.45, 2.75) is 39.8 Å². The van der Waals surface area contributed by atoms with E-state index in [1.165, 1.54) is 4.68 Å². The number of esters is 1. The minimum Gasteiger partial charge on any atom is -0.465 e. The van der Waals surface area contributed by atoms with Crippen LogP contribution in [0.4, 0.5) is 5.69 Å². The second-order valence-corrected chi connectivity index (χ2v) is 5.52. The Kier molecular flexibility index (Phi) is 5.33. The molecule has 1 aromatic carbocycles. The summed E-state index contributed by atoms with van der Waals surface area (Å²) in [4.78, 5) is 11.8. The molecule has 0 aliphatic rings. The van der Waals surface area contributed by atoms with Crippen molar-refractivity contribution >= 4 is 11.7 Å². The summed E-state index contributed by atoms with van der Waals surface area (Å²) in [6.45, 7) is 5.92. The number of aliphatic hydroxyl groups excluding tert-OH is 1. The van der Waals surface area contributed by atoms with Crippen molar-refractivity contribution in [2.75, 3.05) is 12.3 Å². The van der Waals surface area contributed by atoms with Crippen LogP contribution in [0.1, 0.15) is 37.9 Å². The van der Waals surface area contributed by atoms with Gasteiger partial charge in [0.15, 0.2) is 0 Å². The largest absolute Gasteiger partial charge is 0.465 e. The van der Waals surface area contributed by atoms with Crippen LogP contribution in [-0.2, 0) is 22.7 Å². The van der Waals surface area contributed by atoms with Crippen LogP contribution in [0.25, 0.3) is 11.3 Å². The van der Waals surface area contributed by atoms with Crippen molar-refractivity contribution in [3.8, 4) is 11.3 Å². The molecule has 0 aliphatic carbocycles. The molecule has 0 amide bonds. The maximum atomic E-state index is 11.8. The van der Waals surface area contributed by atoms with Crippen molar-refractivity contribution in [1.82, 2.24) is 15.0 Å². The molecule has 0 saturated heterocycles. The number of aliphatic hydroxyl groups is 1. The number of hydrogen-bond acceptors (Lipinski definition) is 6. The Balaban J connectivity index is 2.54. The lowest BCUT2D eigenvalue weighted by Gasteiger charge is -2.13. The van der Waals surface area contributed by atoms with Gasteiger partial charge in [-0.05, 0) is 30.5 Å². The van der Waals surface area contributed by atoms with E-state index < -0.39 is 0 Å². The molecular weight excluding hydrogens is 296 g/mol. The first-order valence-electron chi connectivity index (χ1n) is 7.56. The molecular formula is C16H22N4O3. The van der Waals surface area contributed by atoms with Gasteiger partial charge in [-0.15, -0.1) is 5.10 Å². The van der Waals surface area contributed by atoms with Crippen LogP contribution >= 0.6 is 0 Å². The van der Waals surface area contributed by atoms with Crippen molar-refractivity contribution in [2.24, 2.45) is 0 Å². The van der Waals surface area contributed by atoms with E-state index in [-0.39, 0.29) is 25.0 Å². The summed E-state index contributed by atoms with van der Waals surface area (Å²) in [5.41, 5.74) is 9.49. The van der Waals surface area contributed by atoms with E-state index >= 15 is 0 Å². The third kappa shape index (κ3) is 3.68. The molecule has 0 atom stereocenters. The van der Waals surface area contributed by atoms with Crippen LogP contribution < -0.4 is 5.73 Å². The fourth-order valence-electron chi connectivity index (χ4n) is 2.34. The molecule has 7 heteroatoms. The van der Waals surface area contributed by atoms with Gasteiger partial charge in [0.25, 0.3) is 0 Å². The van der Waals surface area contributed by atoms with Gasteiger partial charge in [0, 0.05) is 11.3 Å². The monoisotopic (exact) mass is 318 g/mol. The lowest BCUT2D eigenvalue weighted by molar-refractivity contribution is -0.144. The third-order valence-electron chi connectivity index (χ3n) is 3.45. The third-order valence-corrected chi connectivity index (χ3v) is 3.45. The average Bonchev–Trinajstić information content (AvgIpc) is 2.91. The van der Waals surface area contributed by atoms with Crippen LogP contribution in [0.3, 0.4) is 0 Å². The summed E-state index contributed by atoms with van der Waals surface area (Å²) in [5.74, 6) is -0.274. The Bertz CT molecular complexity index is 695. The van der Waals surface area contributed by atoms with Crippen molar-refractivity contribution < 1.29 is 14.6 Å². The molecule has 2 rings (SSSR count). The smallest absolute Gasteiger partial charge is 0.327 e. The fourth-order valence-corrected chi connectivity index (χ4v) is 2.34. The van der Waals surface area contributed by atoms with E-state index in [9.17, 15) is 9.90 Å². The first-order chi connectivity index (χ1) is 11.0. The number of nitrogens with two attached hydrogens (primary N) is 1. The molecule has 0 saturated carbocycles. The maximum absolute atomic E-state index is 11.8. The van der Waals surface area contributed by atoms with Crippen LogP contribution in [0.2, 0.25) is 0 Å². The summed E-state index contributed by atoms with van der Waals surface area (Å²) in [5, 5.41) is 17.6. The number of nitrogen functional groups attached to an aromatic ring is 1. The summed E-state index contributed by atoms with van der Waals surface area (Å²) < 4.78 is 6.48. The van der Waals surface area contributed by atoms with Gasteiger partial charge in [-0.1, -0.05) is 25.1 Å². The first-order valence-corrected chi connectivity index (χ1v) is 7.56. The number of hydrogen-bond donors (Lipinski definition) is 2. The molecule has 1 aromatic heterocycles. The van der Waals surface area contributed by atoms with Crippen molar-refractivity contribution in [1.29, 1.82) is 0 Å². The second-order valence-electron chi connectivity index (χ2n) is 5.52. The van der Waals surface area contributed by atoms with E-state index in [1.807, 2.05) is 13.8 Å². The highest BCUT2D eigenvalue weighted by atomic mass is 16.5. The molecule has 23 heavy (non-hydrogen) atoms. The van der Waals surface area contributed by atoms with Gasteiger partial charge in [0.2, 0.25) is 0 Å². The number of carbonyl (C=O) groups excluding carboxylic acids is 1. The van der Waals surface area contributed by atoms with E-state index in [4.69, 9.17) is 10.5 Å². The highest BCUT2D eigenvalue weighted by Crippen LogP contribution is 2.32. The SMILES string of the molecule is CCOC(=O)Cn1nnc(C(C)C)c1-c1cc(CO)ccc1N. The van der Waals surface area contributed by atoms with Crippen LogP contribution in [0.5, 0.6) is 0 Å². The van der Waals surface area contributed by atoms with Gasteiger partial charge in [0.05, 0.1) is 24.6 Å². The quantitative estimate of drug-likeness (QED) is 0.621. The van der Waals surface area contributed by atoms with Gasteiger partial charge in [-0.3, -0.25) is 4.79 Å². The van der Waals surface area contributed by atoms with Crippen molar-refractivity contribution in [3.05, 3.63) is 29.5 Å². The minimum absolute atomic E-state index is 0.0360. The van der Waals surface area contributed by atoms with Crippen LogP contribution in [-0.4, -0.2) is 32.7 Å². The zero-order valence-electron chi connectivity index (χ0n) is 13.6. The summed E-state index contributed by atoms with van der Waals surface area (Å²) in [6, 6.07) is 5.28. The van der Waals surface area contributed by atoms with Gasteiger partial charge in [-0.25, -0.2) is 4.68 Å². The number of aromatic nitrogens is 3. The molecule has 0 spiro atoms. The maximum Gasteiger partial charge on any atom is 0.327 e. The van der Waals surface area contributed by atoms with E-state index in [1.54, 1.807) is 25.1 Å². The van der Waals surface area contributed by atoms with E-state index in [2.05, 4.69) is 10.3 Å². The Morgan fingerprint density at radius 2 is 2.17 bits per heavy atom. The molecule has 0 aliphatic heterocycles. The number of anilines is 1. The summed E-state index contributed by atoms with van der Waals surface area (Å²) >= 11 is 0. The van der Waals surface area contributed by atoms with E-state index in [0.29, 0.717) is 23.6 Å². The highest BCUT2D eigenvalue weighted by molar-refractivity contribution is 5.78. The van der Waals surface area contributed by atoms with Gasteiger partial charge >= 0.3 is 5.97 Å². The standard InChI is InChI=1S/C16H22N4O3/c1-4-23-14(22)8-20-16(15(10(2)3)18-19-20)12-7-11(9-21)5-6-13(12)17/h5-7,10,21H,4,8-9,17H2,1-3H3. The first kappa shape index (κ1) is 17.0. The van der Waals surface area contributed by atoms with Crippen molar-refractivity contribution in [3.63, 3.8) is 0 Å². The lowest BCUT2D eigenvalue weighted by Crippen LogP contribution is -2.16. The van der Waals surface area contributed by atoms with E-state index in [0.717, 1.165) is 11.3 Å². The number of rotatable bonds is 6. The normalized spacial score (nSPS) is 11.0. The lowest BCUT2D eigenvalue weighted by atomic mass is 10.00. The predicted molar refractivity (Wildman–Crippen MR) is 86.5 cm³/mol. The zero-order chi connectivity index (χ0) is 17.0. The Morgan fingerprint density at radius 3 is 2.78 bits per heavy atom. The van der Waals surface area contributed by atoms with Crippen LogP contribution in [0.15, 0.2) is 18.2 Å². The number of ether oxygens (including phenoxy) is 1.